The fraction of sp³-hybridized carbons (Fsp3) is 0.370. The Morgan fingerprint density at radius 1 is 1.00 bits per heavy atom. The van der Waals surface area contributed by atoms with E-state index in [2.05, 4.69) is 65.3 Å². The molecule has 4 nitrogen and oxygen atoms in total. The Labute approximate surface area is 191 Å². The van der Waals surface area contributed by atoms with E-state index in [4.69, 9.17) is 9.47 Å². The van der Waals surface area contributed by atoms with E-state index in [-0.39, 0.29) is 29.1 Å². The number of nitrogens with one attached hydrogen (secondary N) is 1. The van der Waals surface area contributed by atoms with Crippen LogP contribution in [0.4, 0.5) is 4.79 Å². The van der Waals surface area contributed by atoms with Crippen molar-refractivity contribution >= 4 is 17.4 Å². The molecule has 0 bridgehead atoms. The summed E-state index contributed by atoms with van der Waals surface area (Å²) in [5.74, 6) is 0.0767. The van der Waals surface area contributed by atoms with Crippen molar-refractivity contribution in [3.63, 3.8) is 0 Å². The van der Waals surface area contributed by atoms with Crippen LogP contribution in [0.2, 0.25) is 0 Å². The van der Waals surface area contributed by atoms with E-state index < -0.39 is 0 Å². The van der Waals surface area contributed by atoms with Crippen LogP contribution >= 0.6 is 11.3 Å². The average Bonchev–Trinajstić information content (AvgIpc) is 3.68. The molecule has 32 heavy (non-hydrogen) atoms. The molecule has 3 aliphatic carbocycles. The summed E-state index contributed by atoms with van der Waals surface area (Å²) in [6.07, 6.45) is 3.92. The second kappa shape index (κ2) is 6.69. The van der Waals surface area contributed by atoms with Gasteiger partial charge >= 0.3 is 6.09 Å². The lowest BCUT2D eigenvalue weighted by Crippen LogP contribution is -2.45. The smallest absolute Gasteiger partial charge is 0.407 e. The van der Waals surface area contributed by atoms with Crippen molar-refractivity contribution in [2.24, 2.45) is 0 Å². The summed E-state index contributed by atoms with van der Waals surface area (Å²) in [5.41, 5.74) is 6.34. The Morgan fingerprint density at radius 3 is 2.34 bits per heavy atom. The second-order valence-electron chi connectivity index (χ2n) is 9.78. The number of thiophene rings is 1. The third kappa shape index (κ3) is 2.74. The van der Waals surface area contributed by atoms with E-state index in [0.717, 1.165) is 19.4 Å². The number of rotatable bonds is 4. The number of hydrogen-bond acceptors (Lipinski definition) is 4. The van der Waals surface area contributed by atoms with E-state index in [0.29, 0.717) is 6.61 Å². The van der Waals surface area contributed by atoms with Crippen molar-refractivity contribution in [1.82, 2.24) is 5.32 Å². The fourth-order valence-electron chi connectivity index (χ4n) is 5.76. The van der Waals surface area contributed by atoms with Crippen molar-refractivity contribution < 1.29 is 14.3 Å². The van der Waals surface area contributed by atoms with Gasteiger partial charge in [0.05, 0.1) is 12.1 Å². The minimum Gasteiger partial charge on any atom is -0.449 e. The lowest BCUT2D eigenvalue weighted by molar-refractivity contribution is -0.00742. The first-order chi connectivity index (χ1) is 15.7. The lowest BCUT2D eigenvalue weighted by atomic mass is 9.90. The van der Waals surface area contributed by atoms with E-state index in [1.807, 2.05) is 0 Å². The molecule has 2 fully saturated rings. The van der Waals surface area contributed by atoms with E-state index in [1.165, 1.54) is 45.5 Å². The van der Waals surface area contributed by atoms with Crippen LogP contribution in [0.25, 0.3) is 11.1 Å². The highest BCUT2D eigenvalue weighted by molar-refractivity contribution is 7.10. The number of amides is 1. The Hall–Kier alpha value is -2.63. The maximum Gasteiger partial charge on any atom is 0.407 e. The first-order valence-electron chi connectivity index (χ1n) is 11.5. The SMILES string of the molecule is O=C(NC1(C2OCC3(CC3)c3ccsc32)CC1)OCC1c2ccccc2-c2ccccc21. The van der Waals surface area contributed by atoms with Crippen LogP contribution in [-0.2, 0) is 14.9 Å². The molecule has 1 unspecified atom stereocenters. The molecule has 1 aliphatic heterocycles. The minimum absolute atomic E-state index is 0.0517. The largest absolute Gasteiger partial charge is 0.449 e. The highest BCUT2D eigenvalue weighted by Gasteiger charge is 2.59. The summed E-state index contributed by atoms with van der Waals surface area (Å²) >= 11 is 1.77. The first kappa shape index (κ1) is 18.9. The molecule has 5 heteroatoms. The predicted octanol–water partition coefficient (Wildman–Crippen LogP) is 5.92. The number of ether oxygens (including phenoxy) is 2. The Balaban J connectivity index is 1.08. The van der Waals surface area contributed by atoms with Gasteiger partial charge in [-0.15, -0.1) is 11.3 Å². The molecule has 2 aromatic carbocycles. The summed E-state index contributed by atoms with van der Waals surface area (Å²) < 4.78 is 12.2. The van der Waals surface area contributed by atoms with Crippen LogP contribution in [0.15, 0.2) is 60.0 Å². The Kier molecular flexibility index (Phi) is 3.95. The van der Waals surface area contributed by atoms with Gasteiger partial charge in [0, 0.05) is 16.2 Å². The molecule has 1 aromatic heterocycles. The van der Waals surface area contributed by atoms with Crippen LogP contribution in [0, 0.1) is 0 Å². The molecular weight excluding hydrogens is 418 g/mol. The van der Waals surface area contributed by atoms with Gasteiger partial charge in [0.25, 0.3) is 0 Å². The predicted molar refractivity (Wildman–Crippen MR) is 124 cm³/mol. The van der Waals surface area contributed by atoms with Gasteiger partial charge in [-0.2, -0.15) is 0 Å². The highest BCUT2D eigenvalue weighted by Crippen LogP contribution is 2.60. The van der Waals surface area contributed by atoms with Gasteiger partial charge in [0.15, 0.2) is 0 Å². The van der Waals surface area contributed by atoms with E-state index in [1.54, 1.807) is 11.3 Å². The summed E-state index contributed by atoms with van der Waals surface area (Å²) in [4.78, 5) is 14.2. The van der Waals surface area contributed by atoms with Crippen molar-refractivity contribution in [2.75, 3.05) is 13.2 Å². The van der Waals surface area contributed by atoms with E-state index in [9.17, 15) is 4.79 Å². The standard InChI is InChI=1S/C27H25NO3S/c29-25(30-15-21-19-7-3-1-5-17(19)18-6-2-4-8-20(18)21)28-27(12-13-27)24-23-22(9-14-32-23)26(10-11-26)16-31-24/h1-9,14,21,24H,10-13,15-16H2,(H,28,29). The first-order valence-corrected chi connectivity index (χ1v) is 12.4. The molecule has 0 radical (unpaired) electrons. The molecule has 2 heterocycles. The molecular formula is C27H25NO3S. The zero-order valence-corrected chi connectivity index (χ0v) is 18.6. The molecule has 4 aliphatic rings. The van der Waals surface area contributed by atoms with E-state index >= 15 is 0 Å². The minimum atomic E-state index is -0.335. The topological polar surface area (TPSA) is 47.6 Å². The number of alkyl carbamates (subject to hydrolysis) is 1. The van der Waals surface area contributed by atoms with Gasteiger partial charge in [-0.3, -0.25) is 0 Å². The van der Waals surface area contributed by atoms with Crippen molar-refractivity contribution in [2.45, 2.75) is 48.7 Å². The molecule has 3 aromatic rings. The summed E-state index contributed by atoms with van der Waals surface area (Å²) in [6, 6.07) is 19.1. The van der Waals surface area contributed by atoms with Crippen LogP contribution < -0.4 is 5.32 Å². The van der Waals surface area contributed by atoms with Crippen molar-refractivity contribution in [3.05, 3.63) is 81.5 Å². The zero-order chi connectivity index (χ0) is 21.3. The fourth-order valence-corrected chi connectivity index (χ4v) is 6.94. The lowest BCUT2D eigenvalue weighted by Gasteiger charge is -2.35. The van der Waals surface area contributed by atoms with Crippen LogP contribution in [-0.4, -0.2) is 24.8 Å². The normalized spacial score (nSPS) is 23.2. The molecule has 1 atom stereocenters. The van der Waals surface area contributed by atoms with Gasteiger partial charge in [-0.05, 0) is 64.9 Å². The molecule has 7 rings (SSSR count). The third-order valence-corrected chi connectivity index (χ3v) is 8.83. The van der Waals surface area contributed by atoms with Gasteiger partial charge in [-0.25, -0.2) is 4.79 Å². The molecule has 1 N–H and O–H groups in total. The summed E-state index contributed by atoms with van der Waals surface area (Å²) in [5, 5.41) is 5.38. The monoisotopic (exact) mass is 443 g/mol. The third-order valence-electron chi connectivity index (χ3n) is 7.87. The number of carbonyl (C=O) groups is 1. The molecule has 2 saturated carbocycles. The zero-order valence-electron chi connectivity index (χ0n) is 17.8. The number of fused-ring (bicyclic) bond motifs is 5. The van der Waals surface area contributed by atoms with Gasteiger partial charge in [-0.1, -0.05) is 48.5 Å². The van der Waals surface area contributed by atoms with Gasteiger partial charge < -0.3 is 14.8 Å². The highest BCUT2D eigenvalue weighted by atomic mass is 32.1. The maximum atomic E-state index is 12.9. The number of carbonyl (C=O) groups excluding carboxylic acids is 1. The summed E-state index contributed by atoms with van der Waals surface area (Å²) in [6.45, 7) is 1.12. The van der Waals surface area contributed by atoms with Crippen LogP contribution in [0.5, 0.6) is 0 Å². The quantitative estimate of drug-likeness (QED) is 0.544. The molecule has 1 spiro atoms. The van der Waals surface area contributed by atoms with Crippen LogP contribution in [0.3, 0.4) is 0 Å². The second-order valence-corrected chi connectivity index (χ2v) is 10.7. The van der Waals surface area contributed by atoms with Crippen molar-refractivity contribution in [1.29, 1.82) is 0 Å². The number of hydrogen-bond donors (Lipinski definition) is 1. The Morgan fingerprint density at radius 2 is 1.69 bits per heavy atom. The molecule has 0 saturated heterocycles. The van der Waals surface area contributed by atoms with Crippen LogP contribution in [0.1, 0.15) is 59.3 Å². The molecule has 162 valence electrons. The van der Waals surface area contributed by atoms with Gasteiger partial charge in [0.1, 0.15) is 12.7 Å². The summed E-state index contributed by atoms with van der Waals surface area (Å²) in [7, 11) is 0. The average molecular weight is 444 g/mol. The Bertz CT molecular complexity index is 1180. The number of benzene rings is 2. The van der Waals surface area contributed by atoms with Crippen molar-refractivity contribution in [3.8, 4) is 11.1 Å². The molecule has 1 amide bonds. The van der Waals surface area contributed by atoms with Gasteiger partial charge in [0.2, 0.25) is 0 Å². The maximum absolute atomic E-state index is 12.9.